The Morgan fingerprint density at radius 3 is 2.30 bits per heavy atom. The van der Waals surface area contributed by atoms with Crippen molar-refractivity contribution in [2.75, 3.05) is 27.9 Å². The molecule has 0 saturated heterocycles. The van der Waals surface area contributed by atoms with E-state index in [2.05, 4.69) is 5.32 Å². The molecular weight excluding hydrogens is 296 g/mol. The van der Waals surface area contributed by atoms with Crippen molar-refractivity contribution in [2.24, 2.45) is 11.7 Å². The fourth-order valence-corrected chi connectivity index (χ4v) is 3.04. The summed E-state index contributed by atoms with van der Waals surface area (Å²) in [5.74, 6) is 2.11. The molecule has 3 N–H and O–H groups in total. The molecule has 128 valence electrons. The number of nitrogens with one attached hydrogen (secondary N) is 1. The van der Waals surface area contributed by atoms with Crippen LogP contribution in [-0.4, -0.2) is 39.8 Å². The molecule has 1 aromatic carbocycles. The molecule has 2 rings (SSSR count). The van der Waals surface area contributed by atoms with E-state index in [4.69, 9.17) is 19.9 Å². The molecule has 0 heterocycles. The Balaban J connectivity index is 1.97. The van der Waals surface area contributed by atoms with Crippen molar-refractivity contribution in [1.82, 2.24) is 5.32 Å². The molecule has 1 fully saturated rings. The number of rotatable bonds is 7. The van der Waals surface area contributed by atoms with E-state index in [0.717, 1.165) is 24.8 Å². The van der Waals surface area contributed by atoms with E-state index >= 15 is 0 Å². The smallest absolute Gasteiger partial charge is 0.224 e. The molecule has 1 aromatic rings. The molecule has 0 unspecified atom stereocenters. The Morgan fingerprint density at radius 1 is 1.17 bits per heavy atom. The zero-order valence-corrected chi connectivity index (χ0v) is 14.1. The average molecular weight is 322 g/mol. The molecular formula is C17H26N2O4. The van der Waals surface area contributed by atoms with Crippen molar-refractivity contribution >= 4 is 5.91 Å². The van der Waals surface area contributed by atoms with Gasteiger partial charge in [-0.1, -0.05) is 0 Å². The van der Waals surface area contributed by atoms with Crippen molar-refractivity contribution in [3.05, 3.63) is 17.7 Å². The fraction of sp³-hybridized carbons (Fsp3) is 0.588. The highest BCUT2D eigenvalue weighted by Gasteiger charge is 2.22. The first-order valence-electron chi connectivity index (χ1n) is 7.88. The fourth-order valence-electron chi connectivity index (χ4n) is 3.04. The molecule has 0 bridgehead atoms. The van der Waals surface area contributed by atoms with E-state index < -0.39 is 0 Å². The van der Waals surface area contributed by atoms with Gasteiger partial charge in [0.2, 0.25) is 11.7 Å². The lowest BCUT2D eigenvalue weighted by atomic mass is 10.1. The van der Waals surface area contributed by atoms with E-state index in [1.54, 1.807) is 33.5 Å². The summed E-state index contributed by atoms with van der Waals surface area (Å²) in [7, 11) is 4.67. The lowest BCUT2D eigenvalue weighted by molar-refractivity contribution is -0.120. The van der Waals surface area contributed by atoms with E-state index in [1.165, 1.54) is 0 Å². The van der Waals surface area contributed by atoms with E-state index in [0.29, 0.717) is 29.7 Å². The first-order valence-corrected chi connectivity index (χ1v) is 7.88. The Labute approximate surface area is 137 Å². The maximum Gasteiger partial charge on any atom is 0.224 e. The van der Waals surface area contributed by atoms with Crippen LogP contribution in [-0.2, 0) is 11.2 Å². The second-order valence-electron chi connectivity index (χ2n) is 5.95. The Morgan fingerprint density at radius 2 is 1.83 bits per heavy atom. The van der Waals surface area contributed by atoms with E-state index in [9.17, 15) is 4.79 Å². The predicted octanol–water partition coefficient (Wildman–Crippen LogP) is 1.50. The van der Waals surface area contributed by atoms with Crippen molar-refractivity contribution < 1.29 is 19.0 Å². The summed E-state index contributed by atoms with van der Waals surface area (Å²) >= 11 is 0. The number of nitrogens with two attached hydrogens (primary N) is 1. The van der Waals surface area contributed by atoms with Crippen molar-refractivity contribution in [2.45, 2.75) is 31.7 Å². The number of hydrogen-bond acceptors (Lipinski definition) is 5. The van der Waals surface area contributed by atoms with Crippen LogP contribution >= 0.6 is 0 Å². The van der Waals surface area contributed by atoms with Gasteiger partial charge in [-0.15, -0.1) is 0 Å². The number of methoxy groups -OCH3 is 3. The second kappa shape index (κ2) is 8.06. The largest absolute Gasteiger partial charge is 0.493 e. The molecule has 0 spiro atoms. The molecule has 0 aliphatic heterocycles. The molecule has 0 radical (unpaired) electrons. The summed E-state index contributed by atoms with van der Waals surface area (Å²) < 4.78 is 15.9. The van der Waals surface area contributed by atoms with Crippen LogP contribution in [0.3, 0.4) is 0 Å². The SMILES string of the molecule is COc1cc(CC(=O)NC[C@H]2CC[C@@H](N)C2)cc(OC)c1OC. The maximum absolute atomic E-state index is 12.1. The minimum absolute atomic E-state index is 0.0141. The van der Waals surface area contributed by atoms with Crippen LogP contribution in [0.2, 0.25) is 0 Å². The molecule has 2 atom stereocenters. The lowest BCUT2D eigenvalue weighted by Gasteiger charge is -2.15. The predicted molar refractivity (Wildman–Crippen MR) is 88.1 cm³/mol. The van der Waals surface area contributed by atoms with Crippen molar-refractivity contribution in [3.8, 4) is 17.2 Å². The van der Waals surface area contributed by atoms with Gasteiger partial charge >= 0.3 is 0 Å². The topological polar surface area (TPSA) is 82.8 Å². The van der Waals surface area contributed by atoms with Gasteiger partial charge in [0.05, 0.1) is 27.8 Å². The summed E-state index contributed by atoms with van der Waals surface area (Å²) in [6.07, 6.45) is 3.40. The van der Waals surface area contributed by atoms with Crippen LogP contribution in [0.15, 0.2) is 12.1 Å². The Hall–Kier alpha value is -1.95. The van der Waals surface area contributed by atoms with Crippen molar-refractivity contribution in [1.29, 1.82) is 0 Å². The summed E-state index contributed by atoms with van der Waals surface area (Å²) in [6.45, 7) is 0.691. The van der Waals surface area contributed by atoms with Gasteiger partial charge < -0.3 is 25.3 Å². The Kier molecular flexibility index (Phi) is 6.10. The summed E-state index contributed by atoms with van der Waals surface area (Å²) in [4.78, 5) is 12.1. The van der Waals surface area contributed by atoms with E-state index in [-0.39, 0.29) is 18.4 Å². The third-order valence-electron chi connectivity index (χ3n) is 4.26. The third-order valence-corrected chi connectivity index (χ3v) is 4.26. The lowest BCUT2D eigenvalue weighted by Crippen LogP contribution is -2.30. The van der Waals surface area contributed by atoms with Crippen LogP contribution in [0.4, 0.5) is 0 Å². The molecule has 0 aromatic heterocycles. The monoisotopic (exact) mass is 322 g/mol. The first kappa shape index (κ1) is 17.4. The number of benzene rings is 1. The molecule has 1 saturated carbocycles. The average Bonchev–Trinajstić information content (AvgIpc) is 2.97. The van der Waals surface area contributed by atoms with Gasteiger partial charge in [-0.3, -0.25) is 4.79 Å². The Bertz CT molecular complexity index is 522. The van der Waals surface area contributed by atoms with Crippen LogP contribution < -0.4 is 25.3 Å². The molecule has 1 amide bonds. The maximum atomic E-state index is 12.1. The minimum Gasteiger partial charge on any atom is -0.493 e. The number of hydrogen-bond donors (Lipinski definition) is 2. The summed E-state index contributed by atoms with van der Waals surface area (Å²) in [5, 5.41) is 2.99. The van der Waals surface area contributed by atoms with Gasteiger partial charge in [0.15, 0.2) is 11.5 Å². The molecule has 1 aliphatic carbocycles. The third kappa shape index (κ3) is 4.51. The van der Waals surface area contributed by atoms with Gasteiger partial charge in [-0.2, -0.15) is 0 Å². The molecule has 23 heavy (non-hydrogen) atoms. The molecule has 6 nitrogen and oxygen atoms in total. The van der Waals surface area contributed by atoms with Crippen LogP contribution in [0.1, 0.15) is 24.8 Å². The zero-order valence-electron chi connectivity index (χ0n) is 14.1. The van der Waals surface area contributed by atoms with Gasteiger partial charge in [-0.25, -0.2) is 0 Å². The minimum atomic E-state index is -0.0141. The van der Waals surface area contributed by atoms with E-state index in [1.807, 2.05) is 0 Å². The first-order chi connectivity index (χ1) is 11.1. The highest BCUT2D eigenvalue weighted by Crippen LogP contribution is 2.38. The van der Waals surface area contributed by atoms with Gasteiger partial charge in [-0.05, 0) is 42.9 Å². The van der Waals surface area contributed by atoms with Crippen LogP contribution in [0.25, 0.3) is 0 Å². The highest BCUT2D eigenvalue weighted by atomic mass is 16.5. The standard InChI is InChI=1S/C17H26N2O4/c1-21-14-7-12(8-15(22-2)17(14)23-3)9-16(20)19-10-11-4-5-13(18)6-11/h7-8,11,13H,4-6,9-10,18H2,1-3H3,(H,19,20)/t11-,13+/m0/s1. The normalized spacial score (nSPS) is 20.2. The van der Waals surface area contributed by atoms with Gasteiger partial charge in [0.1, 0.15) is 0 Å². The van der Waals surface area contributed by atoms with Gasteiger partial charge in [0, 0.05) is 12.6 Å². The molecule has 1 aliphatic rings. The quantitative estimate of drug-likeness (QED) is 0.795. The summed E-state index contributed by atoms with van der Waals surface area (Å²) in [6, 6.07) is 3.88. The highest BCUT2D eigenvalue weighted by molar-refractivity contribution is 5.79. The zero-order chi connectivity index (χ0) is 16.8. The summed E-state index contributed by atoms with van der Waals surface area (Å²) in [5.41, 5.74) is 6.71. The molecule has 6 heteroatoms. The number of ether oxygens (including phenoxy) is 3. The van der Waals surface area contributed by atoms with Crippen molar-refractivity contribution in [3.63, 3.8) is 0 Å². The van der Waals surface area contributed by atoms with Crippen LogP contribution in [0.5, 0.6) is 17.2 Å². The van der Waals surface area contributed by atoms with Crippen LogP contribution in [0, 0.1) is 5.92 Å². The number of carbonyl (C=O) groups excluding carboxylic acids is 1. The van der Waals surface area contributed by atoms with Gasteiger partial charge in [0.25, 0.3) is 0 Å². The second-order valence-corrected chi connectivity index (χ2v) is 5.95. The number of amides is 1. The number of carbonyl (C=O) groups is 1.